The molecule has 0 aliphatic heterocycles. The first-order valence-corrected chi connectivity index (χ1v) is 9.98. The Kier molecular flexibility index (Phi) is 7.25. The van der Waals surface area contributed by atoms with E-state index in [-0.39, 0.29) is 12.5 Å². The number of para-hydroxylation sites is 2. The standard InChI is InChI=1S/C23H29N3O3/c1-17-9-10-19(15-18(17)2)29-14-6-13-26-21-8-5-4-7-20(21)25-22(26)11-12-24-23(27)16-28-3/h4-5,7-10,15H,6,11-14,16H2,1-3H3,(H,24,27). The lowest BCUT2D eigenvalue weighted by Gasteiger charge is -2.11. The maximum Gasteiger partial charge on any atom is 0.245 e. The highest BCUT2D eigenvalue weighted by Gasteiger charge is 2.11. The minimum atomic E-state index is -0.114. The van der Waals surface area contributed by atoms with E-state index in [4.69, 9.17) is 14.5 Å². The van der Waals surface area contributed by atoms with Crippen molar-refractivity contribution in [3.8, 4) is 5.75 Å². The minimum Gasteiger partial charge on any atom is -0.494 e. The molecule has 6 heteroatoms. The van der Waals surface area contributed by atoms with Gasteiger partial charge in [0.2, 0.25) is 5.91 Å². The van der Waals surface area contributed by atoms with E-state index < -0.39 is 0 Å². The molecule has 29 heavy (non-hydrogen) atoms. The topological polar surface area (TPSA) is 65.4 Å². The number of aryl methyl sites for hydroxylation is 3. The monoisotopic (exact) mass is 395 g/mol. The van der Waals surface area contributed by atoms with Crippen molar-refractivity contribution in [2.24, 2.45) is 0 Å². The van der Waals surface area contributed by atoms with Crippen LogP contribution < -0.4 is 10.1 Å². The van der Waals surface area contributed by atoms with Crippen LogP contribution in [-0.2, 0) is 22.5 Å². The zero-order valence-electron chi connectivity index (χ0n) is 17.4. The van der Waals surface area contributed by atoms with Crippen molar-refractivity contribution in [1.82, 2.24) is 14.9 Å². The number of aromatic nitrogens is 2. The maximum absolute atomic E-state index is 11.6. The van der Waals surface area contributed by atoms with Crippen LogP contribution in [0.1, 0.15) is 23.4 Å². The molecular formula is C23H29N3O3. The van der Waals surface area contributed by atoms with E-state index in [1.54, 1.807) is 0 Å². The fourth-order valence-corrected chi connectivity index (χ4v) is 3.28. The largest absolute Gasteiger partial charge is 0.494 e. The first kappa shape index (κ1) is 20.9. The number of carbonyl (C=O) groups is 1. The predicted octanol–water partition coefficient (Wildman–Crippen LogP) is 3.43. The molecule has 0 unspecified atom stereocenters. The lowest BCUT2D eigenvalue weighted by molar-refractivity contribution is -0.124. The molecule has 0 aliphatic carbocycles. The molecule has 3 rings (SSSR count). The quantitative estimate of drug-likeness (QED) is 0.534. The van der Waals surface area contributed by atoms with Crippen LogP contribution in [0.2, 0.25) is 0 Å². The fraction of sp³-hybridized carbons (Fsp3) is 0.391. The van der Waals surface area contributed by atoms with E-state index in [1.807, 2.05) is 24.3 Å². The molecule has 3 aromatic rings. The van der Waals surface area contributed by atoms with Gasteiger partial charge in [0.05, 0.1) is 17.6 Å². The molecule has 0 saturated carbocycles. The lowest BCUT2D eigenvalue weighted by Crippen LogP contribution is -2.29. The molecule has 0 atom stereocenters. The summed E-state index contributed by atoms with van der Waals surface area (Å²) in [6, 6.07) is 14.3. The molecule has 0 radical (unpaired) electrons. The summed E-state index contributed by atoms with van der Waals surface area (Å²) in [6.07, 6.45) is 1.54. The Morgan fingerprint density at radius 2 is 1.97 bits per heavy atom. The molecule has 1 heterocycles. The molecule has 6 nitrogen and oxygen atoms in total. The van der Waals surface area contributed by atoms with Crippen molar-refractivity contribution < 1.29 is 14.3 Å². The van der Waals surface area contributed by atoms with Crippen LogP contribution >= 0.6 is 0 Å². The third kappa shape index (κ3) is 5.57. The van der Waals surface area contributed by atoms with Gasteiger partial charge in [0.15, 0.2) is 0 Å². The molecule has 1 amide bonds. The van der Waals surface area contributed by atoms with E-state index in [2.05, 4.69) is 41.9 Å². The lowest BCUT2D eigenvalue weighted by atomic mass is 10.1. The molecule has 1 aromatic heterocycles. The summed E-state index contributed by atoms with van der Waals surface area (Å²) in [4.78, 5) is 16.4. The van der Waals surface area contributed by atoms with Crippen LogP contribution in [0.25, 0.3) is 11.0 Å². The molecule has 0 saturated heterocycles. The first-order chi connectivity index (χ1) is 14.1. The van der Waals surface area contributed by atoms with Gasteiger partial charge < -0.3 is 19.4 Å². The number of hydrogen-bond donors (Lipinski definition) is 1. The number of imidazole rings is 1. The maximum atomic E-state index is 11.6. The predicted molar refractivity (Wildman–Crippen MR) is 114 cm³/mol. The second-order valence-corrected chi connectivity index (χ2v) is 7.15. The highest BCUT2D eigenvalue weighted by molar-refractivity contribution is 5.77. The summed E-state index contributed by atoms with van der Waals surface area (Å²) in [6.45, 7) is 6.25. The Morgan fingerprint density at radius 3 is 2.76 bits per heavy atom. The van der Waals surface area contributed by atoms with Gasteiger partial charge in [-0.05, 0) is 55.7 Å². The van der Waals surface area contributed by atoms with Crippen LogP contribution in [0.5, 0.6) is 5.75 Å². The van der Waals surface area contributed by atoms with Crippen LogP contribution in [0.15, 0.2) is 42.5 Å². The van der Waals surface area contributed by atoms with Gasteiger partial charge in [-0.1, -0.05) is 18.2 Å². The molecule has 0 fully saturated rings. The molecule has 2 aromatic carbocycles. The van der Waals surface area contributed by atoms with Crippen LogP contribution in [0, 0.1) is 13.8 Å². The average Bonchev–Trinajstić information content (AvgIpc) is 3.05. The summed E-state index contributed by atoms with van der Waals surface area (Å²) in [5.41, 5.74) is 4.59. The zero-order chi connectivity index (χ0) is 20.6. The average molecular weight is 396 g/mol. The third-order valence-corrected chi connectivity index (χ3v) is 4.95. The fourth-order valence-electron chi connectivity index (χ4n) is 3.28. The van der Waals surface area contributed by atoms with Crippen molar-refractivity contribution >= 4 is 16.9 Å². The molecule has 0 bridgehead atoms. The zero-order valence-corrected chi connectivity index (χ0v) is 17.4. The summed E-state index contributed by atoms with van der Waals surface area (Å²) in [7, 11) is 1.51. The smallest absolute Gasteiger partial charge is 0.245 e. The Labute approximate surface area is 171 Å². The number of nitrogens with zero attached hydrogens (tertiary/aromatic N) is 2. The van der Waals surface area contributed by atoms with Crippen molar-refractivity contribution in [2.75, 3.05) is 26.9 Å². The number of nitrogens with one attached hydrogen (secondary N) is 1. The van der Waals surface area contributed by atoms with E-state index in [9.17, 15) is 4.79 Å². The van der Waals surface area contributed by atoms with Crippen molar-refractivity contribution in [1.29, 1.82) is 0 Å². The SMILES string of the molecule is COCC(=O)NCCc1nc2ccccc2n1CCCOc1ccc(C)c(C)c1. The number of hydrogen-bond acceptors (Lipinski definition) is 4. The van der Waals surface area contributed by atoms with Crippen LogP contribution in [0.4, 0.5) is 0 Å². The minimum absolute atomic E-state index is 0.0756. The third-order valence-electron chi connectivity index (χ3n) is 4.95. The highest BCUT2D eigenvalue weighted by Crippen LogP contribution is 2.19. The molecule has 1 N–H and O–H groups in total. The number of fused-ring (bicyclic) bond motifs is 1. The van der Waals surface area contributed by atoms with Gasteiger partial charge in [0, 0.05) is 26.6 Å². The normalized spacial score (nSPS) is 11.0. The van der Waals surface area contributed by atoms with Crippen LogP contribution in [-0.4, -0.2) is 42.3 Å². The van der Waals surface area contributed by atoms with Gasteiger partial charge >= 0.3 is 0 Å². The van der Waals surface area contributed by atoms with E-state index in [0.717, 1.165) is 35.6 Å². The Balaban J connectivity index is 1.60. The molecule has 154 valence electrons. The van der Waals surface area contributed by atoms with Crippen molar-refractivity contribution in [2.45, 2.75) is 33.2 Å². The Bertz CT molecular complexity index is 965. The second kappa shape index (κ2) is 10.1. The van der Waals surface area contributed by atoms with E-state index >= 15 is 0 Å². The van der Waals surface area contributed by atoms with Crippen LogP contribution in [0.3, 0.4) is 0 Å². The summed E-state index contributed by atoms with van der Waals surface area (Å²) in [5, 5.41) is 2.86. The number of methoxy groups -OCH3 is 1. The van der Waals surface area contributed by atoms with Gasteiger partial charge in [-0.2, -0.15) is 0 Å². The number of amides is 1. The van der Waals surface area contributed by atoms with Gasteiger partial charge in [-0.15, -0.1) is 0 Å². The number of benzene rings is 2. The summed E-state index contributed by atoms with van der Waals surface area (Å²) >= 11 is 0. The second-order valence-electron chi connectivity index (χ2n) is 7.15. The number of rotatable bonds is 10. The first-order valence-electron chi connectivity index (χ1n) is 9.98. The molecule has 0 spiro atoms. The van der Waals surface area contributed by atoms with E-state index in [1.165, 1.54) is 18.2 Å². The Morgan fingerprint density at radius 1 is 1.14 bits per heavy atom. The number of carbonyl (C=O) groups excluding carboxylic acids is 1. The van der Waals surface area contributed by atoms with Gasteiger partial charge in [-0.3, -0.25) is 4.79 Å². The van der Waals surface area contributed by atoms with Crippen molar-refractivity contribution in [3.63, 3.8) is 0 Å². The van der Waals surface area contributed by atoms with Crippen molar-refractivity contribution in [3.05, 3.63) is 59.4 Å². The highest BCUT2D eigenvalue weighted by atomic mass is 16.5. The van der Waals surface area contributed by atoms with E-state index in [0.29, 0.717) is 19.6 Å². The van der Waals surface area contributed by atoms with Gasteiger partial charge in [-0.25, -0.2) is 4.98 Å². The summed E-state index contributed by atoms with van der Waals surface area (Å²) in [5.74, 6) is 1.76. The molecular weight excluding hydrogens is 366 g/mol. The summed E-state index contributed by atoms with van der Waals surface area (Å²) < 4.78 is 13.0. The van der Waals surface area contributed by atoms with Gasteiger partial charge in [0.25, 0.3) is 0 Å². The van der Waals surface area contributed by atoms with Gasteiger partial charge in [0.1, 0.15) is 18.2 Å². The Hall–Kier alpha value is -2.86. The molecule has 0 aliphatic rings. The number of ether oxygens (including phenoxy) is 2.